The van der Waals surface area contributed by atoms with E-state index in [9.17, 15) is 0 Å². The third-order valence-electron chi connectivity index (χ3n) is 19.4. The number of benzene rings is 8. The average Bonchev–Trinajstić information content (AvgIpc) is 4.15. The van der Waals surface area contributed by atoms with Crippen LogP contribution in [0.15, 0.2) is 150 Å². The van der Waals surface area contributed by atoms with E-state index in [4.69, 9.17) is 4.42 Å². The van der Waals surface area contributed by atoms with Crippen LogP contribution in [0.3, 0.4) is 0 Å². The molecule has 5 heteroatoms. The molecule has 0 bridgehead atoms. The highest BCUT2D eigenvalue weighted by molar-refractivity contribution is 6.89. The molecule has 0 amide bonds. The van der Waals surface area contributed by atoms with Crippen molar-refractivity contribution in [2.75, 3.05) is 9.80 Å². The van der Waals surface area contributed by atoms with Crippen molar-refractivity contribution < 1.29 is 4.42 Å². The maximum absolute atomic E-state index is 7.78. The van der Waals surface area contributed by atoms with Crippen molar-refractivity contribution in [2.24, 2.45) is 0 Å². The van der Waals surface area contributed by atoms with Gasteiger partial charge in [0.1, 0.15) is 11.2 Å². The molecule has 2 aliphatic heterocycles. The van der Waals surface area contributed by atoms with Gasteiger partial charge >= 0.3 is 6.85 Å². The van der Waals surface area contributed by atoms with Crippen LogP contribution in [0, 0.1) is 0 Å². The summed E-state index contributed by atoms with van der Waals surface area (Å²) in [5.74, 6) is 0. The lowest BCUT2D eigenvalue weighted by atomic mass is 9.47. The Labute approximate surface area is 457 Å². The number of furan rings is 1. The molecule has 8 aromatic carbocycles. The van der Waals surface area contributed by atoms with Gasteiger partial charge in [-0.3, -0.25) is 0 Å². The molecular weight excluding hydrogens is 934 g/mol. The molecule has 386 valence electrons. The summed E-state index contributed by atoms with van der Waals surface area (Å²) in [6.45, 7) is 33.2. The first-order chi connectivity index (χ1) is 36.4. The summed E-state index contributed by atoms with van der Waals surface area (Å²) in [6, 6.07) is 57.1. The Hall–Kier alpha value is -6.98. The summed E-state index contributed by atoms with van der Waals surface area (Å²) in [7, 11) is 0. The molecule has 0 unspecified atom stereocenters. The Morgan fingerprint density at radius 3 is 1.64 bits per heavy atom. The topological polar surface area (TPSA) is 24.6 Å². The fourth-order valence-corrected chi connectivity index (χ4v) is 14.4. The molecule has 0 atom stereocenters. The van der Waals surface area contributed by atoms with Crippen molar-refractivity contribution in [3.63, 3.8) is 0 Å². The summed E-state index contributed by atoms with van der Waals surface area (Å²) in [4.78, 5) is 5.17. The lowest BCUT2D eigenvalue weighted by Gasteiger charge is -2.43. The van der Waals surface area contributed by atoms with Crippen molar-refractivity contribution >= 4 is 95.6 Å². The highest BCUT2D eigenvalue weighted by Crippen LogP contribution is 2.55. The summed E-state index contributed by atoms with van der Waals surface area (Å²) in [5.41, 5.74) is 23.7. The van der Waals surface area contributed by atoms with E-state index in [2.05, 4.69) is 257 Å². The molecule has 0 saturated carbocycles. The first-order valence-corrected chi connectivity index (χ1v) is 28.6. The third-order valence-corrected chi connectivity index (χ3v) is 19.4. The van der Waals surface area contributed by atoms with Gasteiger partial charge in [-0.25, -0.2) is 0 Å². The molecule has 2 aliphatic carbocycles. The lowest BCUT2D eigenvalue weighted by molar-refractivity contribution is 0.332. The SMILES string of the molecule is CC(C)(C)c1ccc(N(c2ccc(C(C)(C)C)cc2)c2cc3c4c(c2)N(c2ccc5c(c2)C(C)(C)CCC5(C)C)c2c(oc5cc6c(cc25)C(C)(C)CCC6(C)C)B4n2c4cc5ccccc5cc4c4cccc-3c42)cc1. The molecule has 2 aromatic heterocycles. The van der Waals surface area contributed by atoms with Crippen LogP contribution >= 0.6 is 0 Å². The third kappa shape index (κ3) is 7.10. The van der Waals surface area contributed by atoms with E-state index in [1.807, 2.05) is 0 Å². The maximum Gasteiger partial charge on any atom is 0.375 e. The zero-order chi connectivity index (χ0) is 53.7. The Balaban J connectivity index is 1.14. The van der Waals surface area contributed by atoms with E-state index in [0.29, 0.717) is 0 Å². The van der Waals surface area contributed by atoms with Gasteiger partial charge in [-0.15, -0.1) is 0 Å². The highest BCUT2D eigenvalue weighted by atomic mass is 16.3. The van der Waals surface area contributed by atoms with Gasteiger partial charge in [-0.05, 0) is 186 Å². The molecule has 0 radical (unpaired) electrons. The number of para-hydroxylation sites is 1. The van der Waals surface area contributed by atoms with Crippen LogP contribution in [0.1, 0.15) is 156 Å². The number of anilines is 6. The van der Waals surface area contributed by atoms with Gasteiger partial charge in [0, 0.05) is 61.2 Å². The van der Waals surface area contributed by atoms with E-state index in [0.717, 1.165) is 53.3 Å². The van der Waals surface area contributed by atoms with Crippen LogP contribution in [0.5, 0.6) is 0 Å². The number of rotatable bonds is 4. The molecule has 10 aromatic rings. The molecule has 0 fully saturated rings. The van der Waals surface area contributed by atoms with Gasteiger partial charge in [-0.2, -0.15) is 0 Å². The predicted molar refractivity (Wildman–Crippen MR) is 330 cm³/mol. The second kappa shape index (κ2) is 15.8. The van der Waals surface area contributed by atoms with Gasteiger partial charge in [0.05, 0.1) is 5.69 Å². The van der Waals surface area contributed by atoms with Gasteiger partial charge in [0.25, 0.3) is 0 Å². The van der Waals surface area contributed by atoms with E-state index in [1.54, 1.807) is 0 Å². The van der Waals surface area contributed by atoms with Crippen molar-refractivity contribution in [1.29, 1.82) is 0 Å². The molecule has 4 heterocycles. The standard InChI is InChI=1S/C72H74BN3O/c1-67(2,3)45-22-26-47(27-23-45)74(48-28-24-46(25-29-48)68(4,5)6)50-38-54-52-21-17-20-51-53-36-43-18-15-16-19-44(43)37-60(53)76(64(51)52)73-63(54)61(40-50)75(49-30-31-56-57(39-49)70(9,10)33-32-69(56,7)8)65-55-41-58-59(42-62(55)77-66(65)73)72(13,14)35-34-71(58,11)12/h15-31,36-42H,32-35H2,1-14H3. The molecule has 0 saturated heterocycles. The molecule has 0 spiro atoms. The monoisotopic (exact) mass is 1010 g/mol. The van der Waals surface area contributed by atoms with Crippen molar-refractivity contribution in [3.8, 4) is 11.1 Å². The highest BCUT2D eigenvalue weighted by Gasteiger charge is 2.49. The van der Waals surface area contributed by atoms with Crippen LogP contribution in [-0.4, -0.2) is 11.3 Å². The largest absolute Gasteiger partial charge is 0.466 e. The number of hydrogen-bond acceptors (Lipinski definition) is 3. The Morgan fingerprint density at radius 1 is 0.481 bits per heavy atom. The minimum atomic E-state index is -0.250. The van der Waals surface area contributed by atoms with Crippen LogP contribution in [0.25, 0.3) is 54.7 Å². The number of hydrogen-bond donors (Lipinski definition) is 0. The maximum atomic E-state index is 7.78. The van der Waals surface area contributed by atoms with Gasteiger partial charge in [0.15, 0.2) is 0 Å². The van der Waals surface area contributed by atoms with Gasteiger partial charge in [-0.1, -0.05) is 170 Å². The summed E-state index contributed by atoms with van der Waals surface area (Å²) in [6.07, 6.45) is 4.58. The second-order valence-electron chi connectivity index (χ2n) is 28.4. The molecule has 14 rings (SSSR count). The van der Waals surface area contributed by atoms with E-state index in [1.165, 1.54) is 106 Å². The summed E-state index contributed by atoms with van der Waals surface area (Å²) in [5, 5.41) is 6.22. The predicted octanol–water partition coefficient (Wildman–Crippen LogP) is 18.9. The smallest absolute Gasteiger partial charge is 0.375 e. The molecule has 4 nitrogen and oxygen atoms in total. The quantitative estimate of drug-likeness (QED) is 0.164. The van der Waals surface area contributed by atoms with Gasteiger partial charge in [0.2, 0.25) is 0 Å². The Morgan fingerprint density at radius 2 is 1.04 bits per heavy atom. The number of fused-ring (bicyclic) bond motifs is 12. The lowest BCUT2D eigenvalue weighted by Crippen LogP contribution is -2.56. The Kier molecular flexibility index (Phi) is 9.95. The van der Waals surface area contributed by atoms with Crippen LogP contribution in [-0.2, 0) is 32.5 Å². The van der Waals surface area contributed by atoms with Gasteiger partial charge < -0.3 is 18.7 Å². The number of nitrogens with zero attached hydrogens (tertiary/aromatic N) is 3. The summed E-state index contributed by atoms with van der Waals surface area (Å²) >= 11 is 0. The molecule has 4 aliphatic rings. The van der Waals surface area contributed by atoms with Crippen molar-refractivity contribution in [3.05, 3.63) is 179 Å². The molecule has 0 N–H and O–H groups in total. The first kappa shape index (κ1) is 48.4. The van der Waals surface area contributed by atoms with Crippen LogP contribution in [0.2, 0.25) is 0 Å². The van der Waals surface area contributed by atoms with Crippen molar-refractivity contribution in [2.45, 2.75) is 155 Å². The zero-order valence-corrected chi connectivity index (χ0v) is 48.0. The van der Waals surface area contributed by atoms with Crippen LogP contribution < -0.4 is 20.9 Å². The van der Waals surface area contributed by atoms with Crippen molar-refractivity contribution in [1.82, 2.24) is 4.48 Å². The average molecular weight is 1010 g/mol. The van der Waals surface area contributed by atoms with E-state index < -0.39 is 0 Å². The van der Waals surface area contributed by atoms with E-state index in [-0.39, 0.29) is 39.3 Å². The van der Waals surface area contributed by atoms with Crippen LogP contribution in [0.4, 0.5) is 34.1 Å². The summed E-state index contributed by atoms with van der Waals surface area (Å²) < 4.78 is 10.5. The molecular formula is C72H74BN3O. The Bertz CT molecular complexity index is 4070. The second-order valence-corrected chi connectivity index (χ2v) is 28.4. The normalized spacial score (nSPS) is 17.6. The fraction of sp³-hybridized carbons (Fsp3) is 0.333. The minimum Gasteiger partial charge on any atom is -0.466 e. The number of aromatic nitrogens is 1. The zero-order valence-electron chi connectivity index (χ0n) is 48.0. The molecule has 77 heavy (non-hydrogen) atoms. The first-order valence-electron chi connectivity index (χ1n) is 28.6. The fourth-order valence-electron chi connectivity index (χ4n) is 14.4. The van der Waals surface area contributed by atoms with E-state index >= 15 is 0 Å². The minimum absolute atomic E-state index is 0.00156.